The molecule has 1 aromatic carbocycles. The Morgan fingerprint density at radius 2 is 2.05 bits per heavy atom. The van der Waals surface area contributed by atoms with Crippen molar-refractivity contribution in [1.29, 1.82) is 0 Å². The molecule has 112 valence electrons. The Hall–Kier alpha value is -0.710. The summed E-state index contributed by atoms with van der Waals surface area (Å²) < 4.78 is 2.41. The lowest BCUT2D eigenvalue weighted by molar-refractivity contribution is 0.989. The average Bonchev–Trinajstić information content (AvgIpc) is 2.89. The highest BCUT2D eigenvalue weighted by Gasteiger charge is 2.13. The number of hydrogen-bond acceptors (Lipinski definition) is 4. The molecule has 1 aromatic heterocycles. The number of nitrogens with zero attached hydrogens (tertiary/aromatic N) is 1. The van der Waals surface area contributed by atoms with Crippen molar-refractivity contribution in [3.63, 3.8) is 0 Å². The lowest BCUT2D eigenvalue weighted by Gasteiger charge is -2.14. The zero-order valence-corrected chi connectivity index (χ0v) is 15.4. The smallest absolute Gasteiger partial charge is 0.161 e. The third-order valence-corrected chi connectivity index (χ3v) is 7.45. The molecule has 0 amide bonds. The summed E-state index contributed by atoms with van der Waals surface area (Å²) in [4.78, 5) is 4.69. The molecular formula is C17H21NS3. The summed E-state index contributed by atoms with van der Waals surface area (Å²) >= 11 is 1.78. The highest BCUT2D eigenvalue weighted by molar-refractivity contribution is 8.77. The van der Waals surface area contributed by atoms with Gasteiger partial charge < -0.3 is 0 Å². The van der Waals surface area contributed by atoms with Gasteiger partial charge in [-0.3, -0.25) is 0 Å². The first-order valence-corrected chi connectivity index (χ1v) is 10.1. The molecule has 0 bridgehead atoms. The van der Waals surface area contributed by atoms with E-state index in [0.717, 1.165) is 16.3 Å². The van der Waals surface area contributed by atoms with Gasteiger partial charge in [0.25, 0.3) is 0 Å². The van der Waals surface area contributed by atoms with Gasteiger partial charge in [-0.2, -0.15) is 0 Å². The third-order valence-electron chi connectivity index (χ3n) is 3.21. The Kier molecular flexibility index (Phi) is 6.40. The zero-order valence-electron chi connectivity index (χ0n) is 12.9. The van der Waals surface area contributed by atoms with Gasteiger partial charge in [-0.25, -0.2) is 4.98 Å². The summed E-state index contributed by atoms with van der Waals surface area (Å²) in [6.45, 7) is 8.66. The van der Waals surface area contributed by atoms with E-state index in [1.165, 1.54) is 15.8 Å². The first kappa shape index (κ1) is 16.7. The highest BCUT2D eigenvalue weighted by atomic mass is 33.1. The van der Waals surface area contributed by atoms with Crippen LogP contribution in [-0.2, 0) is 0 Å². The van der Waals surface area contributed by atoms with Crippen molar-refractivity contribution in [3.8, 4) is 0 Å². The molecule has 4 heteroatoms. The van der Waals surface area contributed by atoms with Gasteiger partial charge in [0.2, 0.25) is 0 Å². The maximum atomic E-state index is 4.69. The van der Waals surface area contributed by atoms with Crippen LogP contribution in [0.5, 0.6) is 0 Å². The SMILES string of the molecule is CC=C(C)C(CC=C(C)C)SSc1nc2ccccc2s1. The first-order chi connectivity index (χ1) is 10.1. The number of benzene rings is 1. The van der Waals surface area contributed by atoms with Crippen molar-refractivity contribution in [1.82, 2.24) is 4.98 Å². The van der Waals surface area contributed by atoms with Crippen molar-refractivity contribution < 1.29 is 0 Å². The van der Waals surface area contributed by atoms with Crippen molar-refractivity contribution in [2.75, 3.05) is 0 Å². The molecule has 0 aliphatic heterocycles. The molecule has 0 aliphatic carbocycles. The van der Waals surface area contributed by atoms with Crippen LogP contribution in [0.3, 0.4) is 0 Å². The quantitative estimate of drug-likeness (QED) is 0.429. The van der Waals surface area contributed by atoms with Gasteiger partial charge in [0.1, 0.15) is 0 Å². The first-order valence-electron chi connectivity index (χ1n) is 7.05. The topological polar surface area (TPSA) is 12.9 Å². The summed E-state index contributed by atoms with van der Waals surface area (Å²) in [7, 11) is 3.72. The summed E-state index contributed by atoms with van der Waals surface area (Å²) in [5.74, 6) is 0. The van der Waals surface area contributed by atoms with E-state index in [9.17, 15) is 0 Å². The second-order valence-electron chi connectivity index (χ2n) is 5.17. The fourth-order valence-electron chi connectivity index (χ4n) is 1.82. The van der Waals surface area contributed by atoms with Crippen molar-refractivity contribution in [3.05, 3.63) is 47.6 Å². The number of rotatable bonds is 6. The highest BCUT2D eigenvalue weighted by Crippen LogP contribution is 2.41. The summed E-state index contributed by atoms with van der Waals surface area (Å²) in [6, 6.07) is 8.34. The van der Waals surface area contributed by atoms with E-state index in [1.54, 1.807) is 22.1 Å². The normalized spacial score (nSPS) is 13.4. The average molecular weight is 336 g/mol. The Morgan fingerprint density at radius 3 is 2.71 bits per heavy atom. The number of hydrogen-bond donors (Lipinski definition) is 0. The van der Waals surface area contributed by atoms with Crippen LogP contribution in [-0.4, -0.2) is 10.2 Å². The van der Waals surface area contributed by atoms with E-state index in [1.807, 2.05) is 16.9 Å². The number of thiazole rings is 1. The summed E-state index contributed by atoms with van der Waals surface area (Å²) in [5.41, 5.74) is 3.93. The van der Waals surface area contributed by atoms with E-state index >= 15 is 0 Å². The van der Waals surface area contributed by atoms with Crippen molar-refractivity contribution in [2.24, 2.45) is 0 Å². The number of fused-ring (bicyclic) bond motifs is 1. The Bertz CT molecular complexity index is 618. The lowest BCUT2D eigenvalue weighted by atomic mass is 10.1. The van der Waals surface area contributed by atoms with Crippen LogP contribution in [0.2, 0.25) is 0 Å². The molecule has 1 nitrogen and oxygen atoms in total. The van der Waals surface area contributed by atoms with Crippen molar-refractivity contribution >= 4 is 43.1 Å². The fraction of sp³-hybridized carbons (Fsp3) is 0.353. The maximum Gasteiger partial charge on any atom is 0.161 e. The minimum absolute atomic E-state index is 0.516. The second kappa shape index (κ2) is 8.06. The molecule has 0 fully saturated rings. The molecule has 0 saturated heterocycles. The van der Waals surface area contributed by atoms with Crippen LogP contribution in [0.15, 0.2) is 51.9 Å². The molecule has 2 rings (SSSR count). The molecule has 0 N–H and O–H groups in total. The van der Waals surface area contributed by atoms with Crippen molar-refractivity contribution in [2.45, 2.75) is 43.7 Å². The molecule has 0 aliphatic rings. The zero-order chi connectivity index (χ0) is 15.2. The van der Waals surface area contributed by atoms with E-state index < -0.39 is 0 Å². The minimum atomic E-state index is 0.516. The van der Waals surface area contributed by atoms with Gasteiger partial charge in [0, 0.05) is 5.25 Å². The molecule has 2 aromatic rings. The molecule has 0 saturated carbocycles. The molecule has 1 heterocycles. The van der Waals surface area contributed by atoms with E-state index in [0.29, 0.717) is 5.25 Å². The maximum absolute atomic E-state index is 4.69. The van der Waals surface area contributed by atoms with Crippen LogP contribution in [0.1, 0.15) is 34.1 Å². The van der Waals surface area contributed by atoms with Crippen LogP contribution in [0.25, 0.3) is 10.2 Å². The Balaban J connectivity index is 2.05. The summed E-state index contributed by atoms with van der Waals surface area (Å²) in [6.07, 6.45) is 5.63. The van der Waals surface area contributed by atoms with Gasteiger partial charge in [-0.1, -0.05) is 46.2 Å². The number of para-hydroxylation sites is 1. The molecule has 0 radical (unpaired) electrons. The number of allylic oxidation sites excluding steroid dienone is 3. The molecule has 1 unspecified atom stereocenters. The summed E-state index contributed by atoms with van der Waals surface area (Å²) in [5, 5.41) is 0.516. The predicted octanol–water partition coefficient (Wildman–Crippen LogP) is 6.73. The second-order valence-corrected chi connectivity index (χ2v) is 8.85. The molecular weight excluding hydrogens is 314 g/mol. The molecule has 1 atom stereocenters. The third kappa shape index (κ3) is 4.90. The van der Waals surface area contributed by atoms with E-state index in [2.05, 4.69) is 58.0 Å². The van der Waals surface area contributed by atoms with Crippen LogP contribution >= 0.6 is 32.9 Å². The minimum Gasteiger partial charge on any atom is -0.229 e. The lowest BCUT2D eigenvalue weighted by Crippen LogP contribution is -2.01. The van der Waals surface area contributed by atoms with E-state index in [-0.39, 0.29) is 0 Å². The monoisotopic (exact) mass is 335 g/mol. The Morgan fingerprint density at radius 1 is 1.29 bits per heavy atom. The van der Waals surface area contributed by atoms with Gasteiger partial charge >= 0.3 is 0 Å². The Labute approximate surface area is 139 Å². The van der Waals surface area contributed by atoms with Crippen LogP contribution < -0.4 is 0 Å². The largest absolute Gasteiger partial charge is 0.229 e. The number of aromatic nitrogens is 1. The van der Waals surface area contributed by atoms with Crippen LogP contribution in [0, 0.1) is 0 Å². The van der Waals surface area contributed by atoms with Crippen LogP contribution in [0.4, 0.5) is 0 Å². The van der Waals surface area contributed by atoms with Gasteiger partial charge in [0.15, 0.2) is 4.34 Å². The molecule has 0 spiro atoms. The standard InChI is InChI=1S/C17H21NS3/c1-5-13(4)15(11-10-12(2)3)20-21-17-18-14-8-6-7-9-16(14)19-17/h5-10,15H,11H2,1-4H3. The van der Waals surface area contributed by atoms with Gasteiger partial charge in [0.05, 0.1) is 10.2 Å². The van der Waals surface area contributed by atoms with Gasteiger partial charge in [-0.15, -0.1) is 11.3 Å². The predicted molar refractivity (Wildman–Crippen MR) is 100 cm³/mol. The van der Waals surface area contributed by atoms with E-state index in [4.69, 9.17) is 4.98 Å². The fourth-order valence-corrected chi connectivity index (χ4v) is 5.77. The van der Waals surface area contributed by atoms with Gasteiger partial charge in [-0.05, 0) is 57.0 Å². The molecule has 21 heavy (non-hydrogen) atoms.